The van der Waals surface area contributed by atoms with Crippen LogP contribution in [0.5, 0.6) is 5.75 Å². The van der Waals surface area contributed by atoms with Gasteiger partial charge in [-0.3, -0.25) is 14.4 Å². The van der Waals surface area contributed by atoms with Crippen molar-refractivity contribution >= 4 is 34.8 Å². The molecule has 3 amide bonds. The zero-order valence-electron chi connectivity index (χ0n) is 16.6. The molecule has 3 aromatic carbocycles. The normalized spacial score (nSPS) is 10.1. The third-order valence-electron chi connectivity index (χ3n) is 4.20. The Balaban J connectivity index is 1.65. The maximum atomic E-state index is 12.5. The maximum absolute atomic E-state index is 12.5. The first-order valence-electron chi connectivity index (χ1n) is 9.19. The van der Waals surface area contributed by atoms with E-state index in [1.54, 1.807) is 79.9 Å². The smallest absolute Gasteiger partial charge is 0.255 e. The van der Waals surface area contributed by atoms with Crippen LogP contribution in [0.1, 0.15) is 27.6 Å². The highest BCUT2D eigenvalue weighted by Gasteiger charge is 2.10. The monoisotopic (exact) mass is 403 g/mol. The predicted molar refractivity (Wildman–Crippen MR) is 116 cm³/mol. The summed E-state index contributed by atoms with van der Waals surface area (Å²) in [6.07, 6.45) is 0. The van der Waals surface area contributed by atoms with Crippen molar-refractivity contribution in [2.75, 3.05) is 23.1 Å². The first-order chi connectivity index (χ1) is 14.4. The van der Waals surface area contributed by atoms with Crippen LogP contribution < -0.4 is 20.7 Å². The van der Waals surface area contributed by atoms with Crippen molar-refractivity contribution < 1.29 is 19.1 Å². The largest absolute Gasteiger partial charge is 0.497 e. The summed E-state index contributed by atoms with van der Waals surface area (Å²) in [5.74, 6) is -0.109. The van der Waals surface area contributed by atoms with Gasteiger partial charge in [0.05, 0.1) is 7.11 Å². The van der Waals surface area contributed by atoms with Gasteiger partial charge in [-0.05, 0) is 66.7 Å². The molecule has 7 nitrogen and oxygen atoms in total. The Kier molecular flexibility index (Phi) is 6.44. The van der Waals surface area contributed by atoms with E-state index in [0.29, 0.717) is 33.9 Å². The Morgan fingerprint density at radius 3 is 1.83 bits per heavy atom. The molecule has 0 radical (unpaired) electrons. The Morgan fingerprint density at radius 2 is 1.23 bits per heavy atom. The number of methoxy groups -OCH3 is 1. The van der Waals surface area contributed by atoms with Crippen molar-refractivity contribution in [2.24, 2.45) is 0 Å². The summed E-state index contributed by atoms with van der Waals surface area (Å²) >= 11 is 0. The lowest BCUT2D eigenvalue weighted by molar-refractivity contribution is -0.114. The number of carbonyl (C=O) groups excluding carboxylic acids is 3. The van der Waals surface area contributed by atoms with Crippen LogP contribution in [-0.2, 0) is 4.79 Å². The van der Waals surface area contributed by atoms with Crippen LogP contribution in [0.25, 0.3) is 0 Å². The van der Waals surface area contributed by atoms with Crippen molar-refractivity contribution in [3.8, 4) is 5.75 Å². The van der Waals surface area contributed by atoms with Crippen LogP contribution >= 0.6 is 0 Å². The van der Waals surface area contributed by atoms with Gasteiger partial charge < -0.3 is 20.7 Å². The number of benzene rings is 3. The zero-order chi connectivity index (χ0) is 21.5. The second kappa shape index (κ2) is 9.38. The van der Waals surface area contributed by atoms with Crippen molar-refractivity contribution in [3.05, 3.63) is 83.9 Å². The van der Waals surface area contributed by atoms with E-state index in [-0.39, 0.29) is 17.7 Å². The number of anilines is 3. The highest BCUT2D eigenvalue weighted by Crippen LogP contribution is 2.18. The van der Waals surface area contributed by atoms with E-state index in [4.69, 9.17) is 4.74 Å². The molecule has 0 aliphatic rings. The summed E-state index contributed by atoms with van der Waals surface area (Å²) < 4.78 is 5.09. The summed E-state index contributed by atoms with van der Waals surface area (Å²) in [5.41, 5.74) is 2.60. The lowest BCUT2D eigenvalue weighted by atomic mass is 10.1. The fourth-order valence-electron chi connectivity index (χ4n) is 2.73. The van der Waals surface area contributed by atoms with Crippen LogP contribution in [0.15, 0.2) is 72.8 Å². The molecule has 0 fully saturated rings. The number of hydrogen-bond donors (Lipinski definition) is 3. The lowest BCUT2D eigenvalue weighted by Gasteiger charge is -2.09. The Bertz CT molecular complexity index is 1060. The van der Waals surface area contributed by atoms with Gasteiger partial charge in [0.2, 0.25) is 5.91 Å². The zero-order valence-corrected chi connectivity index (χ0v) is 16.6. The Labute approximate surface area is 174 Å². The van der Waals surface area contributed by atoms with Crippen LogP contribution in [0.4, 0.5) is 17.1 Å². The van der Waals surface area contributed by atoms with Crippen LogP contribution in [0.3, 0.4) is 0 Å². The van der Waals surface area contributed by atoms with E-state index >= 15 is 0 Å². The van der Waals surface area contributed by atoms with Gasteiger partial charge in [-0.15, -0.1) is 0 Å². The quantitative estimate of drug-likeness (QED) is 0.576. The molecule has 0 spiro atoms. The SMILES string of the molecule is COc1ccc(C(=O)Nc2cccc(C(=O)Nc3ccc(NC(C)=O)cc3)c2)cc1. The number of rotatable bonds is 6. The second-order valence-corrected chi connectivity index (χ2v) is 6.48. The molecule has 152 valence electrons. The van der Waals surface area contributed by atoms with E-state index in [9.17, 15) is 14.4 Å². The van der Waals surface area contributed by atoms with Crippen molar-refractivity contribution in [1.29, 1.82) is 0 Å². The predicted octanol–water partition coefficient (Wildman–Crippen LogP) is 4.16. The minimum absolute atomic E-state index is 0.166. The Hall–Kier alpha value is -4.13. The molecule has 0 aliphatic carbocycles. The summed E-state index contributed by atoms with van der Waals surface area (Å²) in [7, 11) is 1.56. The maximum Gasteiger partial charge on any atom is 0.255 e. The molecule has 0 atom stereocenters. The second-order valence-electron chi connectivity index (χ2n) is 6.48. The summed E-state index contributed by atoms with van der Waals surface area (Å²) in [5, 5.41) is 8.23. The van der Waals surface area contributed by atoms with Crippen molar-refractivity contribution in [2.45, 2.75) is 6.92 Å². The van der Waals surface area contributed by atoms with Gasteiger partial charge in [0, 0.05) is 35.1 Å². The first-order valence-corrected chi connectivity index (χ1v) is 9.19. The number of amides is 3. The molecule has 0 aromatic heterocycles. The third-order valence-corrected chi connectivity index (χ3v) is 4.20. The number of nitrogens with one attached hydrogen (secondary N) is 3. The fraction of sp³-hybridized carbons (Fsp3) is 0.0870. The molecule has 0 aliphatic heterocycles. The van der Waals surface area contributed by atoms with Crippen molar-refractivity contribution in [3.63, 3.8) is 0 Å². The molecule has 0 heterocycles. The minimum Gasteiger partial charge on any atom is -0.497 e. The molecule has 30 heavy (non-hydrogen) atoms. The number of ether oxygens (including phenoxy) is 1. The van der Waals surface area contributed by atoms with E-state index in [0.717, 1.165) is 0 Å². The molecule has 0 unspecified atom stereocenters. The van der Waals surface area contributed by atoms with E-state index in [2.05, 4.69) is 16.0 Å². The van der Waals surface area contributed by atoms with E-state index < -0.39 is 0 Å². The van der Waals surface area contributed by atoms with E-state index in [1.807, 2.05) is 0 Å². The molecule has 3 rings (SSSR count). The molecular formula is C23H21N3O4. The summed E-state index contributed by atoms with van der Waals surface area (Å²) in [6.45, 7) is 1.43. The first kappa shape index (κ1) is 20.6. The van der Waals surface area contributed by atoms with Crippen LogP contribution in [-0.4, -0.2) is 24.8 Å². The lowest BCUT2D eigenvalue weighted by Crippen LogP contribution is -2.14. The average molecular weight is 403 g/mol. The van der Waals surface area contributed by atoms with Gasteiger partial charge in [0.1, 0.15) is 5.75 Å². The molecule has 3 aromatic rings. The molecular weight excluding hydrogens is 382 g/mol. The molecule has 0 saturated carbocycles. The summed E-state index contributed by atoms with van der Waals surface area (Å²) in [6, 6.07) is 20.2. The molecule has 3 N–H and O–H groups in total. The van der Waals surface area contributed by atoms with Gasteiger partial charge in [-0.1, -0.05) is 6.07 Å². The van der Waals surface area contributed by atoms with Crippen molar-refractivity contribution in [1.82, 2.24) is 0 Å². The summed E-state index contributed by atoms with van der Waals surface area (Å²) in [4.78, 5) is 36.0. The van der Waals surface area contributed by atoms with Gasteiger partial charge in [-0.25, -0.2) is 0 Å². The average Bonchev–Trinajstić information content (AvgIpc) is 2.75. The van der Waals surface area contributed by atoms with Gasteiger partial charge in [0.15, 0.2) is 0 Å². The Morgan fingerprint density at radius 1 is 0.667 bits per heavy atom. The van der Waals surface area contributed by atoms with E-state index in [1.165, 1.54) is 6.92 Å². The van der Waals surface area contributed by atoms with Crippen LogP contribution in [0, 0.1) is 0 Å². The number of hydrogen-bond acceptors (Lipinski definition) is 4. The highest BCUT2D eigenvalue weighted by atomic mass is 16.5. The molecule has 0 saturated heterocycles. The van der Waals surface area contributed by atoms with Gasteiger partial charge >= 0.3 is 0 Å². The fourth-order valence-corrected chi connectivity index (χ4v) is 2.73. The minimum atomic E-state index is -0.317. The topological polar surface area (TPSA) is 96.5 Å². The third kappa shape index (κ3) is 5.45. The highest BCUT2D eigenvalue weighted by molar-refractivity contribution is 6.07. The number of carbonyl (C=O) groups is 3. The molecule has 0 bridgehead atoms. The standard InChI is InChI=1S/C23H21N3O4/c1-15(27)24-18-8-10-19(11-9-18)25-23(29)17-4-3-5-20(14-17)26-22(28)16-6-12-21(30-2)13-7-16/h3-14H,1-2H3,(H,24,27)(H,25,29)(H,26,28). The van der Waals surface area contributed by atoms with Gasteiger partial charge in [0.25, 0.3) is 11.8 Å². The molecule has 7 heteroatoms. The van der Waals surface area contributed by atoms with Crippen LogP contribution in [0.2, 0.25) is 0 Å². The van der Waals surface area contributed by atoms with Gasteiger partial charge in [-0.2, -0.15) is 0 Å².